The zero-order chi connectivity index (χ0) is 13.6. The van der Waals surface area contributed by atoms with Gasteiger partial charge in [0.2, 0.25) is 0 Å². The number of rotatable bonds is 0. The normalized spacial score (nSPS) is 26.4. The fourth-order valence-corrected chi connectivity index (χ4v) is 2.86. The lowest BCUT2D eigenvalue weighted by molar-refractivity contribution is -0.137. The van der Waals surface area contributed by atoms with E-state index in [2.05, 4.69) is 10.6 Å². The summed E-state index contributed by atoms with van der Waals surface area (Å²) in [7, 11) is 0. The van der Waals surface area contributed by atoms with Crippen molar-refractivity contribution in [1.29, 1.82) is 0 Å². The highest BCUT2D eigenvalue weighted by atomic mass is 19.4. The van der Waals surface area contributed by atoms with Crippen molar-refractivity contribution in [3.05, 3.63) is 34.9 Å². The number of halogens is 3. The maximum atomic E-state index is 12.7. The van der Waals surface area contributed by atoms with E-state index in [0.717, 1.165) is 25.1 Å². The molecule has 2 aliphatic rings. The average Bonchev–Trinajstić information content (AvgIpc) is 2.37. The lowest BCUT2D eigenvalue weighted by Crippen LogP contribution is -2.51. The molecule has 3 nitrogen and oxygen atoms in total. The lowest BCUT2D eigenvalue weighted by Gasteiger charge is -2.38. The Kier molecular flexibility index (Phi) is 2.78. The zero-order valence-corrected chi connectivity index (χ0v) is 10.1. The van der Waals surface area contributed by atoms with Crippen LogP contribution >= 0.6 is 0 Å². The van der Waals surface area contributed by atoms with E-state index in [4.69, 9.17) is 0 Å². The molecule has 2 atom stereocenters. The summed E-state index contributed by atoms with van der Waals surface area (Å²) in [6.07, 6.45) is -3.62. The number of nitrogens with one attached hydrogen (secondary N) is 2. The first kappa shape index (κ1) is 12.5. The van der Waals surface area contributed by atoms with Crippen molar-refractivity contribution < 1.29 is 18.0 Å². The van der Waals surface area contributed by atoms with Crippen molar-refractivity contribution >= 4 is 5.91 Å². The Balaban J connectivity index is 2.05. The molecule has 0 aromatic heterocycles. The monoisotopic (exact) mass is 270 g/mol. The van der Waals surface area contributed by atoms with E-state index in [1.54, 1.807) is 0 Å². The minimum atomic E-state index is -4.42. The van der Waals surface area contributed by atoms with E-state index in [1.807, 2.05) is 0 Å². The Morgan fingerprint density at radius 2 is 2.05 bits per heavy atom. The number of benzene rings is 1. The fourth-order valence-electron chi connectivity index (χ4n) is 2.86. The number of piperidine rings is 1. The van der Waals surface area contributed by atoms with Gasteiger partial charge in [-0.1, -0.05) is 6.07 Å². The van der Waals surface area contributed by atoms with Crippen molar-refractivity contribution in [2.75, 3.05) is 13.1 Å². The van der Waals surface area contributed by atoms with Crippen molar-refractivity contribution in [3.8, 4) is 0 Å². The number of alkyl halides is 3. The topological polar surface area (TPSA) is 41.1 Å². The molecule has 1 amide bonds. The van der Waals surface area contributed by atoms with Crippen LogP contribution in [0.25, 0.3) is 0 Å². The summed E-state index contributed by atoms with van der Waals surface area (Å²) in [5, 5.41) is 6.02. The van der Waals surface area contributed by atoms with Gasteiger partial charge in [-0.15, -0.1) is 0 Å². The van der Waals surface area contributed by atoms with Crippen molar-refractivity contribution in [3.63, 3.8) is 0 Å². The molecule has 0 saturated carbocycles. The molecule has 0 unspecified atom stereocenters. The Morgan fingerprint density at radius 1 is 1.26 bits per heavy atom. The molecule has 1 aromatic carbocycles. The third-order valence-electron chi connectivity index (χ3n) is 3.82. The van der Waals surface area contributed by atoms with E-state index in [-0.39, 0.29) is 17.5 Å². The third kappa shape index (κ3) is 2.10. The molecule has 2 heterocycles. The van der Waals surface area contributed by atoms with Crippen molar-refractivity contribution in [2.24, 2.45) is 0 Å². The average molecular weight is 270 g/mol. The summed E-state index contributed by atoms with van der Waals surface area (Å²) in [5.41, 5.74) is 0.0948. The number of fused-ring (bicyclic) bond motifs is 3. The summed E-state index contributed by atoms with van der Waals surface area (Å²) in [5.74, 6) is -0.340. The summed E-state index contributed by atoms with van der Waals surface area (Å²) in [6.45, 7) is 1.50. The van der Waals surface area contributed by atoms with Crippen LogP contribution in [0.4, 0.5) is 13.2 Å². The van der Waals surface area contributed by atoms with E-state index in [9.17, 15) is 18.0 Å². The molecule has 0 radical (unpaired) electrons. The number of hydrogen-bond donors (Lipinski definition) is 2. The molecule has 1 aromatic rings. The van der Waals surface area contributed by atoms with Crippen LogP contribution in [-0.4, -0.2) is 25.0 Å². The van der Waals surface area contributed by atoms with Gasteiger partial charge < -0.3 is 10.6 Å². The largest absolute Gasteiger partial charge is 0.416 e. The zero-order valence-electron chi connectivity index (χ0n) is 10.1. The molecule has 0 spiro atoms. The second-order valence-corrected chi connectivity index (χ2v) is 4.98. The molecular weight excluding hydrogens is 257 g/mol. The summed E-state index contributed by atoms with van der Waals surface area (Å²) in [6, 6.07) is 3.48. The third-order valence-corrected chi connectivity index (χ3v) is 3.82. The fraction of sp³-hybridized carbons (Fsp3) is 0.462. The van der Waals surface area contributed by atoms with E-state index in [1.165, 1.54) is 6.07 Å². The van der Waals surface area contributed by atoms with E-state index < -0.39 is 17.6 Å². The van der Waals surface area contributed by atoms with Crippen LogP contribution in [0.15, 0.2) is 18.2 Å². The van der Waals surface area contributed by atoms with Gasteiger partial charge in [-0.3, -0.25) is 4.79 Å². The highest BCUT2D eigenvalue weighted by Gasteiger charge is 2.38. The van der Waals surface area contributed by atoms with Gasteiger partial charge in [0.1, 0.15) is 0 Å². The second-order valence-electron chi connectivity index (χ2n) is 4.98. The van der Waals surface area contributed by atoms with Crippen molar-refractivity contribution in [2.45, 2.75) is 24.6 Å². The van der Waals surface area contributed by atoms with Crippen LogP contribution in [0.2, 0.25) is 0 Å². The van der Waals surface area contributed by atoms with Gasteiger partial charge in [0, 0.05) is 24.1 Å². The molecule has 6 heteroatoms. The first-order chi connectivity index (χ1) is 8.97. The molecule has 2 N–H and O–H groups in total. The molecule has 1 saturated heterocycles. The van der Waals surface area contributed by atoms with Gasteiger partial charge in [-0.05, 0) is 30.7 Å². The maximum absolute atomic E-state index is 12.7. The first-order valence-corrected chi connectivity index (χ1v) is 6.19. The number of hydrogen-bond acceptors (Lipinski definition) is 2. The van der Waals surface area contributed by atoms with Gasteiger partial charge >= 0.3 is 6.18 Å². The Morgan fingerprint density at radius 3 is 2.79 bits per heavy atom. The SMILES string of the molecule is O=C1N[C@@H]2CCNC[C@H]2c2ccc(C(F)(F)F)cc21. The standard InChI is InChI=1S/C13H13F3N2O/c14-13(15,16)7-1-2-8-9(5-7)12(19)18-11-3-4-17-6-10(8)11/h1-2,5,10-11,17H,3-4,6H2,(H,18,19)/t10-,11+/m0/s1. The minimum Gasteiger partial charge on any atom is -0.349 e. The van der Waals surface area contributed by atoms with Crippen LogP contribution in [0, 0.1) is 0 Å². The van der Waals surface area contributed by atoms with Crippen LogP contribution in [0.3, 0.4) is 0 Å². The molecule has 3 rings (SSSR count). The molecule has 2 aliphatic heterocycles. The Labute approximate surface area is 108 Å². The smallest absolute Gasteiger partial charge is 0.349 e. The summed E-state index contributed by atoms with van der Waals surface area (Å²) >= 11 is 0. The predicted molar refractivity (Wildman–Crippen MR) is 62.9 cm³/mol. The summed E-state index contributed by atoms with van der Waals surface area (Å²) in [4.78, 5) is 11.9. The Bertz CT molecular complexity index is 527. The second kappa shape index (κ2) is 4.23. The van der Waals surface area contributed by atoms with Gasteiger partial charge in [0.15, 0.2) is 0 Å². The summed E-state index contributed by atoms with van der Waals surface area (Å²) < 4.78 is 38.0. The molecule has 19 heavy (non-hydrogen) atoms. The number of amides is 1. The van der Waals surface area contributed by atoms with Gasteiger partial charge in [-0.2, -0.15) is 13.2 Å². The predicted octanol–water partition coefficient (Wildman–Crippen LogP) is 1.89. The Hall–Kier alpha value is -1.56. The molecule has 1 fully saturated rings. The number of carbonyl (C=O) groups is 1. The van der Waals surface area contributed by atoms with Gasteiger partial charge in [0.05, 0.1) is 5.56 Å². The van der Waals surface area contributed by atoms with E-state index >= 15 is 0 Å². The van der Waals surface area contributed by atoms with Crippen LogP contribution < -0.4 is 10.6 Å². The van der Waals surface area contributed by atoms with Crippen LogP contribution in [0.1, 0.15) is 33.8 Å². The number of carbonyl (C=O) groups excluding carboxylic acids is 1. The van der Waals surface area contributed by atoms with Gasteiger partial charge in [0.25, 0.3) is 5.91 Å². The molecular formula is C13H13F3N2O. The highest BCUT2D eigenvalue weighted by molar-refractivity contribution is 5.97. The van der Waals surface area contributed by atoms with Crippen LogP contribution in [-0.2, 0) is 6.18 Å². The molecule has 0 aliphatic carbocycles. The van der Waals surface area contributed by atoms with Crippen molar-refractivity contribution in [1.82, 2.24) is 10.6 Å². The van der Waals surface area contributed by atoms with Crippen LogP contribution in [0.5, 0.6) is 0 Å². The minimum absolute atomic E-state index is 0.0259. The quantitative estimate of drug-likeness (QED) is 0.756. The molecule has 0 bridgehead atoms. The van der Waals surface area contributed by atoms with Gasteiger partial charge in [-0.25, -0.2) is 0 Å². The maximum Gasteiger partial charge on any atom is 0.416 e. The highest BCUT2D eigenvalue weighted by Crippen LogP contribution is 2.35. The lowest BCUT2D eigenvalue weighted by atomic mass is 9.80. The molecule has 102 valence electrons. The first-order valence-electron chi connectivity index (χ1n) is 6.19. The van der Waals surface area contributed by atoms with E-state index in [0.29, 0.717) is 12.1 Å².